The molecular formula is C8H11N3S. The molecule has 0 atom stereocenters. The summed E-state index contributed by atoms with van der Waals surface area (Å²) < 4.78 is 0. The maximum absolute atomic E-state index is 5.53. The van der Waals surface area contributed by atoms with Crippen molar-refractivity contribution in [3.8, 4) is 0 Å². The van der Waals surface area contributed by atoms with E-state index in [4.69, 9.17) is 5.73 Å². The molecule has 0 aliphatic heterocycles. The molecule has 0 saturated carbocycles. The Hall–Kier alpha value is -1.16. The highest BCUT2D eigenvalue weighted by Crippen LogP contribution is 2.22. The van der Waals surface area contributed by atoms with Gasteiger partial charge in [0.25, 0.3) is 0 Å². The summed E-state index contributed by atoms with van der Waals surface area (Å²) >= 11 is 1.46. The van der Waals surface area contributed by atoms with E-state index in [9.17, 15) is 0 Å². The van der Waals surface area contributed by atoms with Crippen LogP contribution in [-0.4, -0.2) is 9.97 Å². The van der Waals surface area contributed by atoms with Crippen molar-refractivity contribution < 1.29 is 0 Å². The van der Waals surface area contributed by atoms with E-state index in [-0.39, 0.29) is 0 Å². The van der Waals surface area contributed by atoms with Crippen LogP contribution in [0.1, 0.15) is 13.8 Å². The molecule has 2 N–H and O–H groups in total. The zero-order valence-corrected chi connectivity index (χ0v) is 7.93. The normalized spacial score (nSPS) is 9.17. The van der Waals surface area contributed by atoms with Gasteiger partial charge in [0.15, 0.2) is 0 Å². The van der Waals surface area contributed by atoms with Crippen LogP contribution in [-0.2, 0) is 0 Å². The van der Waals surface area contributed by atoms with Crippen molar-refractivity contribution in [1.82, 2.24) is 9.97 Å². The lowest BCUT2D eigenvalue weighted by molar-refractivity contribution is 1.32. The Morgan fingerprint density at radius 3 is 2.58 bits per heavy atom. The highest BCUT2D eigenvalue weighted by Gasteiger charge is 1.97. The van der Waals surface area contributed by atoms with E-state index < -0.39 is 0 Å². The Labute approximate surface area is 75.3 Å². The van der Waals surface area contributed by atoms with Crippen LogP contribution in [0.15, 0.2) is 18.5 Å². The van der Waals surface area contributed by atoms with Crippen molar-refractivity contribution in [1.29, 1.82) is 0 Å². The average molecular weight is 181 g/mol. The van der Waals surface area contributed by atoms with Crippen LogP contribution in [0, 0.1) is 0 Å². The molecule has 2 aromatic heterocycles. The molecule has 0 aliphatic carbocycles. The van der Waals surface area contributed by atoms with Crippen molar-refractivity contribution in [2.75, 3.05) is 5.73 Å². The third-order valence-electron chi connectivity index (χ3n) is 1.18. The number of nitrogen functional groups attached to an aromatic ring is 1. The molecule has 0 bridgehead atoms. The number of hydrogen-bond donors (Lipinski definition) is 1. The van der Waals surface area contributed by atoms with Gasteiger partial charge in [-0.05, 0) is 0 Å². The first kappa shape index (κ1) is 8.93. The number of hydrogen-bond acceptors (Lipinski definition) is 4. The third kappa shape index (κ3) is 1.71. The van der Waals surface area contributed by atoms with Gasteiger partial charge >= 0.3 is 0 Å². The minimum atomic E-state index is 0.765. The minimum Gasteiger partial charge on any atom is -0.390 e. The molecule has 0 aromatic carbocycles. The lowest BCUT2D eigenvalue weighted by atomic mass is 10.5. The van der Waals surface area contributed by atoms with E-state index in [2.05, 4.69) is 9.97 Å². The third-order valence-corrected chi connectivity index (χ3v) is 2.05. The standard InChI is InChI=1S/C6H5N3S.C2H6/c7-5-3-4-6(10-5)9-2-1-8-4;1-2/h1-3H,7H2;1-2H3. The Balaban J connectivity index is 0.000000336. The molecule has 12 heavy (non-hydrogen) atoms. The monoisotopic (exact) mass is 181 g/mol. The first-order valence-corrected chi connectivity index (χ1v) is 4.64. The van der Waals surface area contributed by atoms with Crippen molar-refractivity contribution in [2.45, 2.75) is 13.8 Å². The van der Waals surface area contributed by atoms with Crippen molar-refractivity contribution in [2.24, 2.45) is 0 Å². The molecule has 0 fully saturated rings. The van der Waals surface area contributed by atoms with Crippen LogP contribution in [0.2, 0.25) is 0 Å². The second-order valence-electron chi connectivity index (χ2n) is 1.90. The number of aromatic nitrogens is 2. The SMILES string of the molecule is CC.Nc1cc2nccnc2s1. The highest BCUT2D eigenvalue weighted by atomic mass is 32.1. The van der Waals surface area contributed by atoms with Gasteiger partial charge in [-0.2, -0.15) is 0 Å². The summed E-state index contributed by atoms with van der Waals surface area (Å²) in [6, 6.07) is 1.83. The summed E-state index contributed by atoms with van der Waals surface area (Å²) in [4.78, 5) is 9.05. The second kappa shape index (κ2) is 4.01. The van der Waals surface area contributed by atoms with Crippen LogP contribution < -0.4 is 5.73 Å². The quantitative estimate of drug-likeness (QED) is 0.678. The molecule has 2 heterocycles. The fourth-order valence-corrected chi connectivity index (χ4v) is 1.51. The van der Waals surface area contributed by atoms with E-state index >= 15 is 0 Å². The van der Waals surface area contributed by atoms with E-state index in [1.165, 1.54) is 11.3 Å². The smallest absolute Gasteiger partial charge is 0.143 e. The van der Waals surface area contributed by atoms with Gasteiger partial charge in [0.2, 0.25) is 0 Å². The Morgan fingerprint density at radius 1 is 1.25 bits per heavy atom. The predicted octanol–water partition coefficient (Wildman–Crippen LogP) is 2.30. The molecular weight excluding hydrogens is 170 g/mol. The Kier molecular flexibility index (Phi) is 2.99. The van der Waals surface area contributed by atoms with E-state index in [0.717, 1.165) is 15.3 Å². The molecule has 64 valence electrons. The van der Waals surface area contributed by atoms with Gasteiger partial charge in [0.05, 0.1) is 5.00 Å². The molecule has 0 spiro atoms. The Morgan fingerprint density at radius 2 is 1.92 bits per heavy atom. The van der Waals surface area contributed by atoms with Crippen molar-refractivity contribution in [3.63, 3.8) is 0 Å². The molecule has 0 amide bonds. The topological polar surface area (TPSA) is 51.8 Å². The van der Waals surface area contributed by atoms with Crippen LogP contribution in [0.3, 0.4) is 0 Å². The first-order chi connectivity index (χ1) is 5.86. The summed E-state index contributed by atoms with van der Waals surface area (Å²) in [6.07, 6.45) is 3.33. The number of nitrogens with two attached hydrogens (primary N) is 1. The molecule has 2 aromatic rings. The van der Waals surface area contributed by atoms with Crippen molar-refractivity contribution in [3.05, 3.63) is 18.5 Å². The van der Waals surface area contributed by atoms with Crippen molar-refractivity contribution >= 4 is 26.7 Å². The summed E-state index contributed by atoms with van der Waals surface area (Å²) in [7, 11) is 0. The Bertz CT molecular complexity index is 323. The lowest BCUT2D eigenvalue weighted by Crippen LogP contribution is -1.74. The van der Waals surface area contributed by atoms with E-state index in [0.29, 0.717) is 0 Å². The minimum absolute atomic E-state index is 0.765. The zero-order valence-electron chi connectivity index (χ0n) is 7.11. The van der Waals surface area contributed by atoms with Crippen LogP contribution in [0.25, 0.3) is 10.3 Å². The first-order valence-electron chi connectivity index (χ1n) is 3.82. The molecule has 0 radical (unpaired) electrons. The summed E-state index contributed by atoms with van der Waals surface area (Å²) in [5.74, 6) is 0. The number of fused-ring (bicyclic) bond motifs is 1. The molecule has 0 unspecified atom stereocenters. The molecule has 0 aliphatic rings. The van der Waals surface area contributed by atoms with Gasteiger partial charge in [-0.3, -0.25) is 4.98 Å². The maximum Gasteiger partial charge on any atom is 0.143 e. The maximum atomic E-state index is 5.53. The van der Waals surface area contributed by atoms with Crippen LogP contribution in [0.4, 0.5) is 5.00 Å². The number of thiophene rings is 1. The summed E-state index contributed by atoms with van der Waals surface area (Å²) in [5, 5.41) is 0.765. The van der Waals surface area contributed by atoms with Gasteiger partial charge in [-0.15, -0.1) is 0 Å². The van der Waals surface area contributed by atoms with Gasteiger partial charge < -0.3 is 5.73 Å². The number of nitrogens with zero attached hydrogens (tertiary/aromatic N) is 2. The number of anilines is 1. The second-order valence-corrected chi connectivity index (χ2v) is 2.96. The van der Waals surface area contributed by atoms with E-state index in [1.54, 1.807) is 12.4 Å². The van der Waals surface area contributed by atoms with Gasteiger partial charge in [-0.1, -0.05) is 25.2 Å². The van der Waals surface area contributed by atoms with Gasteiger partial charge in [-0.25, -0.2) is 4.98 Å². The zero-order chi connectivity index (χ0) is 8.97. The lowest BCUT2D eigenvalue weighted by Gasteiger charge is -1.80. The largest absolute Gasteiger partial charge is 0.390 e. The molecule has 0 saturated heterocycles. The average Bonchev–Trinajstić information content (AvgIpc) is 2.48. The fourth-order valence-electron chi connectivity index (χ4n) is 0.790. The van der Waals surface area contributed by atoms with Gasteiger partial charge in [0, 0.05) is 18.5 Å². The van der Waals surface area contributed by atoms with Crippen LogP contribution >= 0.6 is 11.3 Å². The highest BCUT2D eigenvalue weighted by molar-refractivity contribution is 7.22. The summed E-state index contributed by atoms with van der Waals surface area (Å²) in [5.41, 5.74) is 6.41. The van der Waals surface area contributed by atoms with Gasteiger partial charge in [0.1, 0.15) is 10.3 Å². The molecule has 3 nitrogen and oxygen atoms in total. The molecule has 2 rings (SSSR count). The fraction of sp³-hybridized carbons (Fsp3) is 0.250. The predicted molar refractivity (Wildman–Crippen MR) is 53.2 cm³/mol. The summed E-state index contributed by atoms with van der Waals surface area (Å²) in [6.45, 7) is 4.00. The number of rotatable bonds is 0. The van der Waals surface area contributed by atoms with Crippen LogP contribution in [0.5, 0.6) is 0 Å². The molecule has 4 heteroatoms. The van der Waals surface area contributed by atoms with E-state index in [1.807, 2.05) is 19.9 Å².